The summed E-state index contributed by atoms with van der Waals surface area (Å²) in [5, 5.41) is 29.9. The monoisotopic (exact) mass is 898 g/mol. The summed E-state index contributed by atoms with van der Waals surface area (Å²) in [6, 6.07) is 11.8. The van der Waals surface area contributed by atoms with Gasteiger partial charge in [-0.15, -0.1) is 45.3 Å². The van der Waals surface area contributed by atoms with Gasteiger partial charge < -0.3 is 9.47 Å². The molecular formula is C44H18F4N6O4S4. The Balaban J connectivity index is 1.08. The van der Waals surface area contributed by atoms with Crippen LogP contribution in [0, 0.1) is 63.8 Å². The van der Waals surface area contributed by atoms with E-state index in [1.54, 1.807) is 30.3 Å². The number of hydrogen-bond acceptors (Lipinski definition) is 13. The van der Waals surface area contributed by atoms with E-state index in [9.17, 15) is 42.9 Å². The number of rotatable bonds is 2. The van der Waals surface area contributed by atoms with Crippen molar-refractivity contribution in [3.05, 3.63) is 116 Å². The Morgan fingerprint density at radius 3 is 1.42 bits per heavy atom. The molecule has 0 radical (unpaired) electrons. The van der Waals surface area contributed by atoms with Crippen LogP contribution in [0.15, 0.2) is 57.7 Å². The maximum Gasteiger partial charge on any atom is 0.271 e. The summed E-state index contributed by atoms with van der Waals surface area (Å²) in [5.41, 5.74) is -2.87. The van der Waals surface area contributed by atoms with Crippen molar-refractivity contribution in [3.63, 3.8) is 0 Å². The molecule has 300 valence electrons. The highest BCUT2D eigenvalue weighted by Gasteiger charge is 2.44. The molecule has 4 aliphatic rings. The molecule has 0 unspecified atom stereocenters. The highest BCUT2D eigenvalue weighted by Crippen LogP contribution is 2.65. The standard InChI is InChI=1S/C44H18F4N6O4S4/c1-43(2)20-10-27(53-31-29(15(12-49)13-50)16-6-22(45)24(47)8-18(16)33(31)55)59-37(20)39-35(57-43)41-42(61-39)36-40(62-41)38-21(44(3,4)58-36)11-28(60-38)54-32-30(26(14-51)52-5)17-7-23(46)25(48)9-19(17)34(32)56/h6-11H,1-4H3. The van der Waals surface area contributed by atoms with Crippen LogP contribution in [0.5, 0.6) is 11.5 Å². The molecule has 2 aliphatic carbocycles. The first-order valence-corrected chi connectivity index (χ1v) is 21.4. The van der Waals surface area contributed by atoms with Crippen LogP contribution < -0.4 is 9.47 Å². The second kappa shape index (κ2) is 13.2. The van der Waals surface area contributed by atoms with Gasteiger partial charge in [-0.1, -0.05) is 0 Å². The van der Waals surface area contributed by atoms with E-state index in [-0.39, 0.29) is 44.8 Å². The van der Waals surface area contributed by atoms with Gasteiger partial charge in [0.2, 0.25) is 11.6 Å². The fraction of sp³-hybridized carbons (Fsp3) is 0.136. The molecule has 0 saturated carbocycles. The number of fused-ring (bicyclic) bond motifs is 11. The number of aliphatic imine (C=N–C) groups is 2. The van der Waals surface area contributed by atoms with Crippen molar-refractivity contribution >= 4 is 98.9 Å². The van der Waals surface area contributed by atoms with Crippen molar-refractivity contribution in [2.24, 2.45) is 9.98 Å². The van der Waals surface area contributed by atoms with E-state index in [2.05, 4.69) is 14.8 Å². The molecule has 62 heavy (non-hydrogen) atoms. The highest BCUT2D eigenvalue weighted by atomic mass is 32.1. The summed E-state index contributed by atoms with van der Waals surface area (Å²) in [5.74, 6) is -5.34. The summed E-state index contributed by atoms with van der Waals surface area (Å²) in [6.07, 6.45) is 0. The largest absolute Gasteiger partial charge is 0.480 e. The fourth-order valence-corrected chi connectivity index (χ4v) is 13.2. The maximum absolute atomic E-state index is 14.4. The molecular weight excluding hydrogens is 881 g/mol. The molecule has 0 spiro atoms. The zero-order valence-electron chi connectivity index (χ0n) is 31.9. The van der Waals surface area contributed by atoms with Gasteiger partial charge in [-0.2, -0.15) is 10.5 Å². The first-order chi connectivity index (χ1) is 29.5. The average molecular weight is 899 g/mol. The van der Waals surface area contributed by atoms with Gasteiger partial charge in [0, 0.05) is 39.0 Å². The van der Waals surface area contributed by atoms with Crippen molar-refractivity contribution in [3.8, 4) is 49.2 Å². The summed E-state index contributed by atoms with van der Waals surface area (Å²) in [6.45, 7) is 15.0. The van der Waals surface area contributed by atoms with Crippen LogP contribution in [0.3, 0.4) is 0 Å². The second-order valence-corrected chi connectivity index (χ2v) is 19.3. The smallest absolute Gasteiger partial charge is 0.271 e. The Hall–Kier alpha value is -7.06. The third-order valence-corrected chi connectivity index (χ3v) is 15.6. The third-order valence-electron chi connectivity index (χ3n) is 10.7. The Kier molecular flexibility index (Phi) is 8.34. The number of carbonyl (C=O) groups excluding carboxylic acids is 2. The molecule has 0 atom stereocenters. The minimum absolute atomic E-state index is 0.0909. The highest BCUT2D eigenvalue weighted by molar-refractivity contribution is 7.35. The van der Waals surface area contributed by atoms with Gasteiger partial charge in [-0.25, -0.2) is 37.7 Å². The SMILES string of the molecule is [C-]#[N+]C(C#N)=C1C(=Nc2cc3c(s2)-c2sc4c5c(sc4c2OC3(C)C)-c2sc(N=C3C(=O)c4cc(F)c(F)cc4C3=C(C#N)C#N)cc2C(C)(C)O5)C(=O)c2cc(F)c(F)cc21. The number of thiophene rings is 4. The number of allylic oxidation sites excluding steroid dienone is 4. The summed E-state index contributed by atoms with van der Waals surface area (Å²) < 4.78 is 72.4. The normalized spacial score (nSPS) is 18.1. The van der Waals surface area contributed by atoms with E-state index >= 15 is 0 Å². The Labute approximate surface area is 363 Å². The third kappa shape index (κ3) is 5.38. The van der Waals surface area contributed by atoms with Crippen LogP contribution in [0.2, 0.25) is 0 Å². The first-order valence-electron chi connectivity index (χ1n) is 18.1. The van der Waals surface area contributed by atoms with Crippen LogP contribution in [-0.2, 0) is 11.2 Å². The molecule has 0 fully saturated rings. The molecule has 10 rings (SSSR count). The Morgan fingerprint density at radius 2 is 1.02 bits per heavy atom. The summed E-state index contributed by atoms with van der Waals surface area (Å²) in [4.78, 5) is 42.8. The van der Waals surface area contributed by atoms with Crippen molar-refractivity contribution in [1.29, 1.82) is 15.8 Å². The number of benzene rings is 2. The van der Waals surface area contributed by atoms with Gasteiger partial charge in [0.15, 0.2) is 34.8 Å². The number of carbonyl (C=O) groups is 2. The van der Waals surface area contributed by atoms with Crippen LogP contribution in [0.1, 0.15) is 70.7 Å². The van der Waals surface area contributed by atoms with Gasteiger partial charge in [-0.3, -0.25) is 9.59 Å². The van der Waals surface area contributed by atoms with Crippen LogP contribution in [0.25, 0.3) is 44.9 Å². The number of hydrogen-bond donors (Lipinski definition) is 0. The molecule has 6 heterocycles. The molecule has 10 nitrogen and oxygen atoms in total. The zero-order chi connectivity index (χ0) is 43.9. The predicted octanol–water partition coefficient (Wildman–Crippen LogP) is 12.1. The van der Waals surface area contributed by atoms with E-state index in [1.165, 1.54) is 45.3 Å². The minimum atomic E-state index is -1.26. The topological polar surface area (TPSA) is 153 Å². The number of nitriles is 3. The first kappa shape index (κ1) is 39.1. The van der Waals surface area contributed by atoms with Gasteiger partial charge >= 0.3 is 0 Å². The van der Waals surface area contributed by atoms with E-state index in [0.29, 0.717) is 21.5 Å². The molecule has 2 aliphatic heterocycles. The van der Waals surface area contributed by atoms with Crippen molar-refractivity contribution in [1.82, 2.24) is 0 Å². The van der Waals surface area contributed by atoms with E-state index in [1.807, 2.05) is 27.7 Å². The number of ketones is 2. The Morgan fingerprint density at radius 1 is 0.613 bits per heavy atom. The lowest BCUT2D eigenvalue weighted by atomic mass is 9.95. The lowest BCUT2D eigenvalue weighted by Gasteiger charge is -2.31. The van der Waals surface area contributed by atoms with Gasteiger partial charge in [0.05, 0.1) is 41.5 Å². The van der Waals surface area contributed by atoms with Crippen LogP contribution in [0.4, 0.5) is 27.6 Å². The van der Waals surface area contributed by atoms with Gasteiger partial charge in [0.1, 0.15) is 50.3 Å². The van der Waals surface area contributed by atoms with Crippen molar-refractivity contribution in [2.75, 3.05) is 0 Å². The molecule has 4 aromatic heterocycles. The maximum atomic E-state index is 14.4. The lowest BCUT2D eigenvalue weighted by molar-refractivity contribution is 0.106. The minimum Gasteiger partial charge on any atom is -0.480 e. The van der Waals surface area contributed by atoms with E-state index in [0.717, 1.165) is 64.3 Å². The Bertz CT molecular complexity index is 3250. The molecule has 0 bridgehead atoms. The molecule has 6 aromatic rings. The number of Topliss-reactive ketones (excluding diaryl/α,β-unsaturated/α-hetero) is 2. The van der Waals surface area contributed by atoms with E-state index in [4.69, 9.17) is 16.0 Å². The zero-order valence-corrected chi connectivity index (χ0v) is 35.2. The fourth-order valence-electron chi connectivity index (χ4n) is 7.92. The summed E-state index contributed by atoms with van der Waals surface area (Å²) >= 11 is 5.33. The van der Waals surface area contributed by atoms with Crippen molar-refractivity contribution < 1.29 is 36.6 Å². The lowest BCUT2D eigenvalue weighted by Crippen LogP contribution is -2.27. The van der Waals surface area contributed by atoms with Crippen LogP contribution >= 0.6 is 45.3 Å². The second-order valence-electron chi connectivity index (χ2n) is 15.2. The molecule has 18 heteroatoms. The summed E-state index contributed by atoms with van der Waals surface area (Å²) in [7, 11) is 0. The van der Waals surface area contributed by atoms with Crippen LogP contribution in [-0.4, -0.2) is 23.0 Å². The average Bonchev–Trinajstić information content (AvgIpc) is 4.07. The molecule has 2 aromatic carbocycles. The molecule has 0 saturated heterocycles. The van der Waals surface area contributed by atoms with Gasteiger partial charge in [-0.05, 0) is 69.7 Å². The van der Waals surface area contributed by atoms with E-state index < -0.39 is 57.3 Å². The van der Waals surface area contributed by atoms with Crippen molar-refractivity contribution in [2.45, 2.75) is 38.9 Å². The number of halogens is 4. The molecule has 0 amide bonds. The van der Waals surface area contributed by atoms with Gasteiger partial charge in [0.25, 0.3) is 5.70 Å². The predicted molar refractivity (Wildman–Crippen MR) is 226 cm³/mol. The number of ether oxygens (including phenoxy) is 2. The quantitative estimate of drug-likeness (QED) is 0.0952. The molecule has 0 N–H and O–H groups in total. The number of nitrogens with zero attached hydrogens (tertiary/aromatic N) is 6.